The second-order valence-electron chi connectivity index (χ2n) is 6.36. The maximum atomic E-state index is 12.1. The molecule has 1 aromatic rings. The van der Waals surface area contributed by atoms with Gasteiger partial charge in [0.25, 0.3) is 0 Å². The predicted molar refractivity (Wildman–Crippen MR) is 86.4 cm³/mol. The van der Waals surface area contributed by atoms with E-state index in [1.165, 1.54) is 5.56 Å². The molecule has 116 valence electrons. The first kappa shape index (κ1) is 16.1. The second-order valence-corrected chi connectivity index (χ2v) is 7.65. The molecule has 1 aliphatic rings. The highest BCUT2D eigenvalue weighted by Gasteiger charge is 2.27. The molecule has 0 bridgehead atoms. The van der Waals surface area contributed by atoms with Gasteiger partial charge >= 0.3 is 6.09 Å². The molecule has 0 saturated carbocycles. The van der Waals surface area contributed by atoms with Crippen LogP contribution < -0.4 is 0 Å². The molecule has 21 heavy (non-hydrogen) atoms. The summed E-state index contributed by atoms with van der Waals surface area (Å²) in [6.45, 7) is 7.31. The van der Waals surface area contributed by atoms with E-state index in [2.05, 4.69) is 4.98 Å². The summed E-state index contributed by atoms with van der Waals surface area (Å²) in [7, 11) is 0. The van der Waals surface area contributed by atoms with Gasteiger partial charge in [0.15, 0.2) is 0 Å². The van der Waals surface area contributed by atoms with Crippen LogP contribution in [0.2, 0.25) is 0 Å². The van der Waals surface area contributed by atoms with E-state index in [0.29, 0.717) is 5.25 Å². The molecule has 0 aliphatic carbocycles. The van der Waals surface area contributed by atoms with Crippen molar-refractivity contribution in [3.05, 3.63) is 30.1 Å². The van der Waals surface area contributed by atoms with Gasteiger partial charge in [-0.25, -0.2) is 4.79 Å². The number of nitrogens with zero attached hydrogens (tertiary/aromatic N) is 2. The maximum absolute atomic E-state index is 12.1. The SMILES string of the molecule is CC(C)(C)OC(=O)N1CCC[C@H](SCc2ccncc2)C1. The molecular formula is C16H24N2O2S. The summed E-state index contributed by atoms with van der Waals surface area (Å²) in [6.07, 6.45) is 5.67. The van der Waals surface area contributed by atoms with Crippen molar-refractivity contribution in [2.24, 2.45) is 0 Å². The Kier molecular flexibility index (Phi) is 5.51. The fourth-order valence-corrected chi connectivity index (χ4v) is 3.50. The van der Waals surface area contributed by atoms with E-state index in [0.717, 1.165) is 31.7 Å². The number of pyridine rings is 1. The van der Waals surface area contributed by atoms with Crippen LogP contribution in [0.25, 0.3) is 0 Å². The van der Waals surface area contributed by atoms with Gasteiger partial charge in [0.1, 0.15) is 5.60 Å². The molecule has 1 fully saturated rings. The Hall–Kier alpha value is -1.23. The number of ether oxygens (including phenoxy) is 1. The fourth-order valence-electron chi connectivity index (χ4n) is 2.26. The van der Waals surface area contributed by atoms with Crippen molar-refractivity contribution < 1.29 is 9.53 Å². The number of carbonyl (C=O) groups excluding carboxylic acids is 1. The van der Waals surface area contributed by atoms with E-state index < -0.39 is 5.60 Å². The topological polar surface area (TPSA) is 42.4 Å². The number of thioether (sulfide) groups is 1. The highest BCUT2D eigenvalue weighted by Crippen LogP contribution is 2.26. The Labute approximate surface area is 131 Å². The Morgan fingerprint density at radius 2 is 2.14 bits per heavy atom. The predicted octanol–water partition coefficient (Wildman–Crippen LogP) is 3.71. The first-order valence-corrected chi connectivity index (χ1v) is 8.47. The Balaban J connectivity index is 1.82. The van der Waals surface area contributed by atoms with Gasteiger partial charge in [-0.2, -0.15) is 11.8 Å². The van der Waals surface area contributed by atoms with Crippen molar-refractivity contribution in [3.8, 4) is 0 Å². The highest BCUT2D eigenvalue weighted by atomic mass is 32.2. The summed E-state index contributed by atoms with van der Waals surface area (Å²) >= 11 is 1.91. The lowest BCUT2D eigenvalue weighted by Crippen LogP contribution is -2.43. The first-order chi connectivity index (χ1) is 9.94. The lowest BCUT2D eigenvalue weighted by Gasteiger charge is -2.33. The summed E-state index contributed by atoms with van der Waals surface area (Å²) in [5.74, 6) is 0.968. The average molecular weight is 308 g/mol. The lowest BCUT2D eigenvalue weighted by molar-refractivity contribution is 0.0220. The molecule has 1 aliphatic heterocycles. The quantitative estimate of drug-likeness (QED) is 0.853. The molecule has 0 unspecified atom stereocenters. The van der Waals surface area contributed by atoms with Crippen LogP contribution in [0.15, 0.2) is 24.5 Å². The summed E-state index contributed by atoms with van der Waals surface area (Å²) in [5, 5.41) is 0.486. The molecule has 0 radical (unpaired) electrons. The van der Waals surface area contributed by atoms with Gasteiger partial charge < -0.3 is 9.64 Å². The highest BCUT2D eigenvalue weighted by molar-refractivity contribution is 7.99. The minimum Gasteiger partial charge on any atom is -0.444 e. The monoisotopic (exact) mass is 308 g/mol. The summed E-state index contributed by atoms with van der Waals surface area (Å²) in [4.78, 5) is 18.0. The zero-order valence-electron chi connectivity index (χ0n) is 13.0. The van der Waals surface area contributed by atoms with Gasteiger partial charge in [-0.3, -0.25) is 4.98 Å². The van der Waals surface area contributed by atoms with Crippen LogP contribution in [-0.4, -0.2) is 39.9 Å². The van der Waals surface area contributed by atoms with Crippen LogP contribution >= 0.6 is 11.8 Å². The third-order valence-corrected chi connectivity index (χ3v) is 4.62. The zero-order valence-corrected chi connectivity index (χ0v) is 13.9. The molecule has 1 aromatic heterocycles. The molecule has 2 rings (SSSR count). The van der Waals surface area contributed by atoms with Crippen molar-refractivity contribution in [1.82, 2.24) is 9.88 Å². The molecule has 0 N–H and O–H groups in total. The Morgan fingerprint density at radius 3 is 2.81 bits per heavy atom. The second kappa shape index (κ2) is 7.16. The molecule has 1 saturated heterocycles. The van der Waals surface area contributed by atoms with E-state index in [-0.39, 0.29) is 6.09 Å². The number of rotatable bonds is 3. The molecular weight excluding hydrogens is 284 g/mol. The van der Waals surface area contributed by atoms with Crippen LogP contribution in [0.5, 0.6) is 0 Å². The maximum Gasteiger partial charge on any atom is 0.410 e. The van der Waals surface area contributed by atoms with E-state index in [4.69, 9.17) is 4.74 Å². The molecule has 5 heteroatoms. The standard InChI is InChI=1S/C16H24N2O2S/c1-16(2,3)20-15(19)18-10-4-5-14(11-18)21-12-13-6-8-17-9-7-13/h6-9,14H,4-5,10-12H2,1-3H3/t14-/m0/s1. The number of aromatic nitrogens is 1. The van der Waals surface area contributed by atoms with E-state index in [9.17, 15) is 4.79 Å². The molecule has 0 spiro atoms. The van der Waals surface area contributed by atoms with Gasteiger partial charge in [-0.1, -0.05) is 0 Å². The number of carbonyl (C=O) groups is 1. The zero-order chi connectivity index (χ0) is 15.3. The summed E-state index contributed by atoms with van der Waals surface area (Å²) < 4.78 is 5.46. The molecule has 1 amide bonds. The van der Waals surface area contributed by atoms with Crippen molar-refractivity contribution in [3.63, 3.8) is 0 Å². The summed E-state index contributed by atoms with van der Waals surface area (Å²) in [6, 6.07) is 4.09. The lowest BCUT2D eigenvalue weighted by atomic mass is 10.1. The largest absolute Gasteiger partial charge is 0.444 e. The van der Waals surface area contributed by atoms with Crippen molar-refractivity contribution >= 4 is 17.9 Å². The normalized spacial score (nSPS) is 19.4. The smallest absolute Gasteiger partial charge is 0.410 e. The van der Waals surface area contributed by atoms with Crippen molar-refractivity contribution in [2.45, 2.75) is 50.2 Å². The molecule has 0 aromatic carbocycles. The van der Waals surface area contributed by atoms with Gasteiger partial charge in [-0.05, 0) is 51.3 Å². The number of piperidine rings is 1. The van der Waals surface area contributed by atoms with E-state index in [1.54, 1.807) is 0 Å². The third-order valence-electron chi connectivity index (χ3n) is 3.26. The fraction of sp³-hybridized carbons (Fsp3) is 0.625. The van der Waals surface area contributed by atoms with Gasteiger partial charge in [0, 0.05) is 36.5 Å². The van der Waals surface area contributed by atoms with Crippen molar-refractivity contribution in [1.29, 1.82) is 0 Å². The van der Waals surface area contributed by atoms with E-state index >= 15 is 0 Å². The summed E-state index contributed by atoms with van der Waals surface area (Å²) in [5.41, 5.74) is 0.859. The minimum absolute atomic E-state index is 0.184. The molecule has 1 atom stereocenters. The van der Waals surface area contributed by atoms with Gasteiger partial charge in [-0.15, -0.1) is 0 Å². The van der Waals surface area contributed by atoms with Crippen molar-refractivity contribution in [2.75, 3.05) is 13.1 Å². The van der Waals surface area contributed by atoms with Crippen LogP contribution in [-0.2, 0) is 10.5 Å². The molecule has 2 heterocycles. The number of amides is 1. The molecule has 4 nitrogen and oxygen atoms in total. The van der Waals surface area contributed by atoms with E-state index in [1.807, 2.05) is 62.0 Å². The average Bonchev–Trinajstić information content (AvgIpc) is 2.45. The number of hydrogen-bond acceptors (Lipinski definition) is 4. The van der Waals surface area contributed by atoms with Crippen LogP contribution in [0, 0.1) is 0 Å². The Bertz CT molecular complexity index is 459. The number of hydrogen-bond donors (Lipinski definition) is 0. The first-order valence-electron chi connectivity index (χ1n) is 7.42. The Morgan fingerprint density at radius 1 is 1.43 bits per heavy atom. The van der Waals surface area contributed by atoms with Gasteiger partial charge in [0.2, 0.25) is 0 Å². The van der Waals surface area contributed by atoms with Gasteiger partial charge in [0.05, 0.1) is 0 Å². The number of likely N-dealkylation sites (tertiary alicyclic amines) is 1. The van der Waals surface area contributed by atoms with Crippen LogP contribution in [0.1, 0.15) is 39.2 Å². The van der Waals surface area contributed by atoms with Crippen LogP contribution in [0.4, 0.5) is 4.79 Å². The van der Waals surface area contributed by atoms with Crippen LogP contribution in [0.3, 0.4) is 0 Å². The minimum atomic E-state index is -0.422. The third kappa shape index (κ3) is 5.58.